The fourth-order valence-corrected chi connectivity index (χ4v) is 2.66. The van der Waals surface area contributed by atoms with Gasteiger partial charge in [0.05, 0.1) is 27.4 Å². The summed E-state index contributed by atoms with van der Waals surface area (Å²) in [7, 11) is 3.05. The number of carbonyl (C=O) groups is 2. The molecule has 0 spiro atoms. The van der Waals surface area contributed by atoms with Gasteiger partial charge in [-0.05, 0) is 18.1 Å². The fourth-order valence-electron chi connectivity index (χ4n) is 2.66. The van der Waals surface area contributed by atoms with Crippen molar-refractivity contribution in [3.8, 4) is 11.5 Å². The zero-order valence-electron chi connectivity index (χ0n) is 15.2. The molecular weight excluding hydrogens is 324 g/mol. The first-order valence-electron chi connectivity index (χ1n) is 8.36. The molecule has 1 aromatic carbocycles. The van der Waals surface area contributed by atoms with Crippen LogP contribution in [0.15, 0.2) is 18.2 Å². The normalized spacial score (nSPS) is 15.6. The Balaban J connectivity index is 2.16. The Bertz CT molecular complexity index is 589. The number of benzene rings is 1. The number of methoxy groups -OCH3 is 2. The number of carbonyl (C=O) groups excluding carboxylic acids is 2. The lowest BCUT2D eigenvalue weighted by atomic mass is 10.0. The molecule has 1 N–H and O–H groups in total. The number of hydrogen-bond donors (Lipinski definition) is 1. The molecular formula is C18H26N2O5. The summed E-state index contributed by atoms with van der Waals surface area (Å²) in [6, 6.07) is 4.33. The smallest absolute Gasteiger partial charge is 0.252 e. The molecule has 25 heavy (non-hydrogen) atoms. The van der Waals surface area contributed by atoms with Crippen LogP contribution in [-0.2, 0) is 9.53 Å². The molecule has 0 radical (unpaired) electrons. The molecule has 1 aliphatic heterocycles. The van der Waals surface area contributed by atoms with Crippen molar-refractivity contribution in [1.82, 2.24) is 10.2 Å². The molecule has 1 fully saturated rings. The molecule has 0 saturated carbocycles. The number of amides is 2. The van der Waals surface area contributed by atoms with Gasteiger partial charge in [-0.25, -0.2) is 0 Å². The minimum Gasteiger partial charge on any atom is -0.497 e. The van der Waals surface area contributed by atoms with Gasteiger partial charge in [-0.3, -0.25) is 9.59 Å². The van der Waals surface area contributed by atoms with E-state index in [0.29, 0.717) is 43.4 Å². The van der Waals surface area contributed by atoms with Crippen molar-refractivity contribution < 1.29 is 23.8 Å². The van der Waals surface area contributed by atoms with Gasteiger partial charge in [-0.15, -0.1) is 0 Å². The highest BCUT2D eigenvalue weighted by Gasteiger charge is 2.30. The molecule has 0 aliphatic carbocycles. The second-order valence-electron chi connectivity index (χ2n) is 6.23. The van der Waals surface area contributed by atoms with Gasteiger partial charge in [0, 0.05) is 24.7 Å². The number of rotatable bonds is 6. The Hall–Kier alpha value is -2.28. The molecule has 7 nitrogen and oxygen atoms in total. The predicted molar refractivity (Wildman–Crippen MR) is 93.0 cm³/mol. The number of ether oxygens (including phenoxy) is 3. The maximum atomic E-state index is 12.8. The Labute approximate surface area is 148 Å². The molecule has 138 valence electrons. The lowest BCUT2D eigenvalue weighted by molar-refractivity contribution is -0.138. The van der Waals surface area contributed by atoms with Gasteiger partial charge in [-0.2, -0.15) is 0 Å². The summed E-state index contributed by atoms with van der Waals surface area (Å²) in [5, 5.41) is 2.85. The first-order valence-corrected chi connectivity index (χ1v) is 8.36. The maximum Gasteiger partial charge on any atom is 0.252 e. The molecule has 1 aliphatic rings. The number of hydrogen-bond acceptors (Lipinski definition) is 5. The molecule has 2 rings (SSSR count). The summed E-state index contributed by atoms with van der Waals surface area (Å²) < 4.78 is 15.7. The van der Waals surface area contributed by atoms with Crippen molar-refractivity contribution in [2.24, 2.45) is 5.92 Å². The lowest BCUT2D eigenvalue weighted by Crippen LogP contribution is -2.53. The first-order chi connectivity index (χ1) is 12.0. The highest BCUT2D eigenvalue weighted by Crippen LogP contribution is 2.22. The van der Waals surface area contributed by atoms with Gasteiger partial charge < -0.3 is 24.4 Å². The summed E-state index contributed by atoms with van der Waals surface area (Å²) in [5.41, 5.74) is 0.386. The summed E-state index contributed by atoms with van der Waals surface area (Å²) >= 11 is 0. The third-order valence-corrected chi connectivity index (χ3v) is 4.16. The highest BCUT2D eigenvalue weighted by atomic mass is 16.5. The van der Waals surface area contributed by atoms with E-state index >= 15 is 0 Å². The fraction of sp³-hybridized carbons (Fsp3) is 0.556. The van der Waals surface area contributed by atoms with Crippen LogP contribution in [0, 0.1) is 5.92 Å². The zero-order valence-corrected chi connectivity index (χ0v) is 15.2. The predicted octanol–water partition coefficient (Wildman–Crippen LogP) is 1.32. The van der Waals surface area contributed by atoms with E-state index in [1.807, 2.05) is 13.8 Å². The summed E-state index contributed by atoms with van der Waals surface area (Å²) in [5.74, 6) is 0.584. The Kier molecular flexibility index (Phi) is 6.64. The van der Waals surface area contributed by atoms with Crippen molar-refractivity contribution in [2.75, 3.05) is 40.5 Å². The van der Waals surface area contributed by atoms with Gasteiger partial charge in [0.1, 0.15) is 17.5 Å². The lowest BCUT2D eigenvalue weighted by Gasteiger charge is -2.32. The average Bonchev–Trinajstić information content (AvgIpc) is 2.65. The van der Waals surface area contributed by atoms with E-state index in [-0.39, 0.29) is 17.7 Å². The standard InChI is InChI=1S/C18H26N2O5/c1-12(2)16(18(22)20-5-7-25-8-6-20)19-17(21)13-9-14(23-3)11-15(10-13)24-4/h9-12,16H,5-8H2,1-4H3,(H,19,21)/t16-/m1/s1. The van der Waals surface area contributed by atoms with Crippen LogP contribution in [0.5, 0.6) is 11.5 Å². The van der Waals surface area contributed by atoms with E-state index in [2.05, 4.69) is 5.32 Å². The molecule has 7 heteroatoms. The van der Waals surface area contributed by atoms with E-state index in [1.165, 1.54) is 14.2 Å². The third-order valence-electron chi connectivity index (χ3n) is 4.16. The van der Waals surface area contributed by atoms with Gasteiger partial charge in [0.2, 0.25) is 5.91 Å². The number of morpholine rings is 1. The second kappa shape index (κ2) is 8.71. The van der Waals surface area contributed by atoms with Gasteiger partial charge in [0.25, 0.3) is 5.91 Å². The maximum absolute atomic E-state index is 12.8. The van der Waals surface area contributed by atoms with E-state index in [4.69, 9.17) is 14.2 Å². The highest BCUT2D eigenvalue weighted by molar-refractivity contribution is 5.98. The van der Waals surface area contributed by atoms with Crippen LogP contribution in [0.4, 0.5) is 0 Å². The van der Waals surface area contributed by atoms with Crippen molar-refractivity contribution in [3.05, 3.63) is 23.8 Å². The zero-order chi connectivity index (χ0) is 18.4. The van der Waals surface area contributed by atoms with Crippen LogP contribution >= 0.6 is 0 Å². The summed E-state index contributed by atoms with van der Waals surface area (Å²) in [6.07, 6.45) is 0. The van der Waals surface area contributed by atoms with Crippen molar-refractivity contribution in [2.45, 2.75) is 19.9 Å². The van der Waals surface area contributed by atoms with Gasteiger partial charge >= 0.3 is 0 Å². The average molecular weight is 350 g/mol. The number of nitrogens with one attached hydrogen (secondary N) is 1. The SMILES string of the molecule is COc1cc(OC)cc(C(=O)N[C@@H](C(=O)N2CCOCC2)C(C)C)c1. The van der Waals surface area contributed by atoms with E-state index in [0.717, 1.165) is 0 Å². The topological polar surface area (TPSA) is 77.1 Å². The van der Waals surface area contributed by atoms with Crippen LogP contribution in [0.3, 0.4) is 0 Å². The van der Waals surface area contributed by atoms with Crippen molar-refractivity contribution in [1.29, 1.82) is 0 Å². The molecule has 1 heterocycles. The third kappa shape index (κ3) is 4.85. The Morgan fingerprint density at radius 2 is 1.64 bits per heavy atom. The van der Waals surface area contributed by atoms with Gasteiger partial charge in [-0.1, -0.05) is 13.8 Å². The largest absolute Gasteiger partial charge is 0.497 e. The quantitative estimate of drug-likeness (QED) is 0.837. The molecule has 1 atom stereocenters. The van der Waals surface area contributed by atoms with Crippen LogP contribution < -0.4 is 14.8 Å². The molecule has 1 aromatic rings. The Morgan fingerprint density at radius 1 is 1.08 bits per heavy atom. The summed E-state index contributed by atoms with van der Waals surface area (Å²) in [6.45, 7) is 5.97. The second-order valence-corrected chi connectivity index (χ2v) is 6.23. The van der Waals surface area contributed by atoms with Gasteiger partial charge in [0.15, 0.2) is 0 Å². The van der Waals surface area contributed by atoms with E-state index in [1.54, 1.807) is 23.1 Å². The van der Waals surface area contributed by atoms with Crippen molar-refractivity contribution in [3.63, 3.8) is 0 Å². The molecule has 2 amide bonds. The van der Waals surface area contributed by atoms with E-state index in [9.17, 15) is 9.59 Å². The minimum atomic E-state index is -0.595. The molecule has 1 saturated heterocycles. The van der Waals surface area contributed by atoms with Crippen LogP contribution in [-0.4, -0.2) is 63.3 Å². The Morgan fingerprint density at radius 3 is 2.12 bits per heavy atom. The van der Waals surface area contributed by atoms with Crippen LogP contribution in [0.1, 0.15) is 24.2 Å². The molecule has 0 bridgehead atoms. The minimum absolute atomic E-state index is 0.0354. The first kappa shape index (κ1) is 19.1. The molecule has 0 aromatic heterocycles. The van der Waals surface area contributed by atoms with E-state index < -0.39 is 6.04 Å². The molecule has 0 unspecified atom stereocenters. The van der Waals surface area contributed by atoms with Crippen molar-refractivity contribution >= 4 is 11.8 Å². The monoisotopic (exact) mass is 350 g/mol. The summed E-state index contributed by atoms with van der Waals surface area (Å²) in [4.78, 5) is 27.2. The van der Waals surface area contributed by atoms with Crippen LogP contribution in [0.25, 0.3) is 0 Å². The number of nitrogens with zero attached hydrogens (tertiary/aromatic N) is 1. The van der Waals surface area contributed by atoms with Crippen LogP contribution in [0.2, 0.25) is 0 Å².